The van der Waals surface area contributed by atoms with Crippen LogP contribution in [0.2, 0.25) is 0 Å². The van der Waals surface area contributed by atoms with E-state index in [1.54, 1.807) is 12.4 Å². The first-order valence-corrected chi connectivity index (χ1v) is 10.5. The van der Waals surface area contributed by atoms with Gasteiger partial charge in [0.25, 0.3) is 0 Å². The van der Waals surface area contributed by atoms with Gasteiger partial charge in [-0.05, 0) is 84.2 Å². The van der Waals surface area contributed by atoms with E-state index in [1.807, 2.05) is 85.4 Å². The molecule has 0 fully saturated rings. The van der Waals surface area contributed by atoms with Gasteiger partial charge < -0.3 is 0 Å². The fourth-order valence-electron chi connectivity index (χ4n) is 2.02. The molecule has 32 heavy (non-hydrogen) atoms. The Hall–Kier alpha value is -3.54. The molecule has 4 rings (SSSR count). The minimum atomic E-state index is 0.829. The lowest BCUT2D eigenvalue weighted by Gasteiger charge is -1.92. The number of pyridine rings is 2. The molecule has 6 nitrogen and oxygen atoms in total. The molecule has 0 bridgehead atoms. The molecule has 4 aromatic heterocycles. The molecule has 0 atom stereocenters. The number of aromatic nitrogens is 6. The lowest BCUT2D eigenvalue weighted by Crippen LogP contribution is -1.84. The molecule has 0 spiro atoms. The number of aryl methyl sites for hydroxylation is 8. The third-order valence-corrected chi connectivity index (χ3v) is 4.15. The van der Waals surface area contributed by atoms with E-state index in [9.17, 15) is 0 Å². The third-order valence-electron chi connectivity index (χ3n) is 4.15. The van der Waals surface area contributed by atoms with Gasteiger partial charge >= 0.3 is 0 Å². The van der Waals surface area contributed by atoms with Crippen LogP contribution in [0.15, 0.2) is 61.4 Å². The van der Waals surface area contributed by atoms with Crippen LogP contribution in [-0.4, -0.2) is 29.9 Å². The second-order valence-corrected chi connectivity index (χ2v) is 7.49. The van der Waals surface area contributed by atoms with E-state index in [0.29, 0.717) is 0 Å². The molecule has 0 amide bonds. The molecule has 0 aliphatic carbocycles. The van der Waals surface area contributed by atoms with Crippen molar-refractivity contribution < 1.29 is 0 Å². The van der Waals surface area contributed by atoms with E-state index in [2.05, 4.69) is 49.0 Å². The average molecular weight is 431 g/mol. The maximum atomic E-state index is 4.08. The van der Waals surface area contributed by atoms with Gasteiger partial charge in [0.15, 0.2) is 0 Å². The summed E-state index contributed by atoms with van der Waals surface area (Å²) in [7, 11) is 0. The molecule has 0 aromatic carbocycles. The van der Waals surface area contributed by atoms with Crippen molar-refractivity contribution in [2.75, 3.05) is 0 Å². The molecule has 0 radical (unpaired) electrons. The van der Waals surface area contributed by atoms with Gasteiger partial charge in [0, 0.05) is 48.6 Å². The van der Waals surface area contributed by atoms with Gasteiger partial charge in [-0.25, -0.2) is 9.97 Å². The lowest BCUT2D eigenvalue weighted by atomic mass is 10.2. The quantitative estimate of drug-likeness (QED) is 0.362. The molecule has 0 saturated carbocycles. The highest BCUT2D eigenvalue weighted by molar-refractivity contribution is 5.15. The Labute approximate surface area is 192 Å². The van der Waals surface area contributed by atoms with Crippen molar-refractivity contribution >= 4 is 0 Å². The molecular weight excluding hydrogens is 396 g/mol. The number of hydrogen-bond acceptors (Lipinski definition) is 6. The predicted molar refractivity (Wildman–Crippen MR) is 130 cm³/mol. The van der Waals surface area contributed by atoms with E-state index in [-0.39, 0.29) is 0 Å². The maximum Gasteiger partial charge on any atom is 0.125 e. The fraction of sp³-hybridized carbons (Fsp3) is 0.308. The largest absolute Gasteiger partial charge is 0.261 e. The van der Waals surface area contributed by atoms with E-state index in [0.717, 1.165) is 34.2 Å². The first-order chi connectivity index (χ1) is 15.2. The molecule has 0 aliphatic rings. The van der Waals surface area contributed by atoms with Crippen molar-refractivity contribution in [3.63, 3.8) is 0 Å². The first-order valence-electron chi connectivity index (χ1n) is 10.5. The zero-order valence-electron chi connectivity index (χ0n) is 20.5. The van der Waals surface area contributed by atoms with E-state index < -0.39 is 0 Å². The average Bonchev–Trinajstić information content (AvgIpc) is 2.78. The second kappa shape index (κ2) is 14.5. The highest BCUT2D eigenvalue weighted by atomic mass is 14.8. The lowest BCUT2D eigenvalue weighted by molar-refractivity contribution is 1.03. The normalized spacial score (nSPS) is 9.25. The summed E-state index contributed by atoms with van der Waals surface area (Å²) in [5.74, 6) is 0.829. The topological polar surface area (TPSA) is 77.3 Å². The summed E-state index contributed by atoms with van der Waals surface area (Å²) < 4.78 is 0. The zero-order chi connectivity index (χ0) is 23.9. The third kappa shape index (κ3) is 12.2. The first kappa shape index (κ1) is 26.5. The number of nitrogens with zero attached hydrogens (tertiary/aromatic N) is 6. The highest BCUT2D eigenvalue weighted by Crippen LogP contribution is 1.98. The van der Waals surface area contributed by atoms with Gasteiger partial charge in [-0.3, -0.25) is 19.9 Å². The van der Waals surface area contributed by atoms with Gasteiger partial charge in [0.1, 0.15) is 5.82 Å². The van der Waals surface area contributed by atoms with Crippen molar-refractivity contribution in [3.05, 3.63) is 107 Å². The molecule has 0 N–H and O–H groups in total. The van der Waals surface area contributed by atoms with Gasteiger partial charge in [-0.15, -0.1) is 0 Å². The molecule has 4 aromatic rings. The molecule has 4 heterocycles. The molecule has 0 saturated heterocycles. The molecule has 0 aliphatic heterocycles. The van der Waals surface area contributed by atoms with E-state index >= 15 is 0 Å². The van der Waals surface area contributed by atoms with Gasteiger partial charge in [0.2, 0.25) is 0 Å². The molecular formula is C26H34N6. The Morgan fingerprint density at radius 3 is 1.34 bits per heavy atom. The summed E-state index contributed by atoms with van der Waals surface area (Å²) in [5.41, 5.74) is 7.72. The summed E-state index contributed by atoms with van der Waals surface area (Å²) in [6.45, 7) is 15.8. The van der Waals surface area contributed by atoms with Crippen LogP contribution in [0.1, 0.15) is 45.3 Å². The van der Waals surface area contributed by atoms with Crippen molar-refractivity contribution in [3.8, 4) is 0 Å². The van der Waals surface area contributed by atoms with Crippen molar-refractivity contribution in [1.82, 2.24) is 29.9 Å². The van der Waals surface area contributed by atoms with Crippen molar-refractivity contribution in [1.29, 1.82) is 0 Å². The number of hydrogen-bond donors (Lipinski definition) is 0. The minimum Gasteiger partial charge on any atom is -0.261 e. The maximum absolute atomic E-state index is 4.08. The van der Waals surface area contributed by atoms with E-state index in [4.69, 9.17) is 0 Å². The van der Waals surface area contributed by atoms with Crippen molar-refractivity contribution in [2.24, 2.45) is 0 Å². The van der Waals surface area contributed by atoms with E-state index in [1.165, 1.54) is 11.1 Å². The van der Waals surface area contributed by atoms with Crippen LogP contribution in [0.25, 0.3) is 0 Å². The second-order valence-electron chi connectivity index (χ2n) is 7.49. The monoisotopic (exact) mass is 430 g/mol. The summed E-state index contributed by atoms with van der Waals surface area (Å²) >= 11 is 0. The smallest absolute Gasteiger partial charge is 0.125 e. The summed E-state index contributed by atoms with van der Waals surface area (Å²) in [4.78, 5) is 24.1. The fourth-order valence-corrected chi connectivity index (χ4v) is 2.02. The van der Waals surface area contributed by atoms with Gasteiger partial charge in [-0.2, -0.15) is 0 Å². The Morgan fingerprint density at radius 1 is 0.469 bits per heavy atom. The minimum absolute atomic E-state index is 0.829. The van der Waals surface area contributed by atoms with Gasteiger partial charge in [-0.1, -0.05) is 12.1 Å². The van der Waals surface area contributed by atoms with Crippen LogP contribution in [0, 0.1) is 55.4 Å². The van der Waals surface area contributed by atoms with Crippen LogP contribution in [0.5, 0.6) is 0 Å². The Bertz CT molecular complexity index is 840. The number of rotatable bonds is 0. The zero-order valence-corrected chi connectivity index (χ0v) is 20.5. The Morgan fingerprint density at radius 2 is 1.00 bits per heavy atom. The van der Waals surface area contributed by atoms with Crippen LogP contribution < -0.4 is 0 Å². The summed E-state index contributed by atoms with van der Waals surface area (Å²) in [6, 6.07) is 8.07. The van der Waals surface area contributed by atoms with Crippen LogP contribution in [-0.2, 0) is 0 Å². The summed E-state index contributed by atoms with van der Waals surface area (Å²) in [6.07, 6.45) is 10.8. The van der Waals surface area contributed by atoms with Gasteiger partial charge in [0.05, 0.1) is 11.4 Å². The SMILES string of the molecule is Cc1ccc(C)nc1.Cc1cccnc1C.Cc1cnc(C)cn1.Cc1cnc(C)nc1. The molecule has 168 valence electrons. The molecule has 0 unspecified atom stereocenters. The molecule has 6 heteroatoms. The predicted octanol–water partition coefficient (Wildman–Crippen LogP) is 5.58. The van der Waals surface area contributed by atoms with Crippen LogP contribution >= 0.6 is 0 Å². The van der Waals surface area contributed by atoms with Crippen LogP contribution in [0.3, 0.4) is 0 Å². The highest BCUT2D eigenvalue weighted by Gasteiger charge is 1.86. The summed E-state index contributed by atoms with van der Waals surface area (Å²) in [5, 5.41) is 0. The Kier molecular flexibility index (Phi) is 12.0. The standard InChI is InChI=1S/2C7H9N.2C6H8N2/c1-6-3-4-7(2)8-5-6;1-6-4-3-5-8-7(6)2;1-5-3-8-6(2)4-7-5;1-5-3-7-6(2)8-4-5/h2*3-5H,1-2H3;2*3-4H,1-2H3. The van der Waals surface area contributed by atoms with Crippen molar-refractivity contribution in [2.45, 2.75) is 55.4 Å². The van der Waals surface area contributed by atoms with Crippen LogP contribution in [0.4, 0.5) is 0 Å². The Balaban J connectivity index is 0.000000213.